The molecule has 0 aliphatic heterocycles. The van der Waals surface area contributed by atoms with Crippen molar-refractivity contribution >= 4 is 11.6 Å². The molecular weight excluding hydrogens is 214 g/mol. The number of carbonyl (C=O) groups is 1. The van der Waals surface area contributed by atoms with Crippen molar-refractivity contribution in [2.75, 3.05) is 18.4 Å². The van der Waals surface area contributed by atoms with Gasteiger partial charge in [-0.2, -0.15) is 5.26 Å². The Morgan fingerprint density at radius 2 is 2.29 bits per heavy atom. The molecule has 0 saturated heterocycles. The molecule has 0 atom stereocenters. The number of anilines is 1. The summed E-state index contributed by atoms with van der Waals surface area (Å²) in [7, 11) is 0. The van der Waals surface area contributed by atoms with Gasteiger partial charge in [0, 0.05) is 5.69 Å². The number of rotatable bonds is 5. The summed E-state index contributed by atoms with van der Waals surface area (Å²) in [5.41, 5.74) is 1.22. The van der Waals surface area contributed by atoms with Gasteiger partial charge >= 0.3 is 0 Å². The zero-order valence-electron chi connectivity index (χ0n) is 9.57. The van der Waals surface area contributed by atoms with Gasteiger partial charge in [-0.25, -0.2) is 0 Å². The number of hydrogen-bond donors (Lipinski definition) is 2. The van der Waals surface area contributed by atoms with Gasteiger partial charge < -0.3 is 10.6 Å². The van der Waals surface area contributed by atoms with Crippen LogP contribution in [0.3, 0.4) is 0 Å². The van der Waals surface area contributed by atoms with Gasteiger partial charge in [0.15, 0.2) is 0 Å². The molecular formula is C13H15N3O. The van der Waals surface area contributed by atoms with Crippen LogP contribution in [0.2, 0.25) is 0 Å². The minimum Gasteiger partial charge on any atom is -0.325 e. The quantitative estimate of drug-likeness (QED) is 0.804. The van der Waals surface area contributed by atoms with Gasteiger partial charge in [0.05, 0.1) is 18.2 Å². The standard InChI is InChI=1S/C13H15N3O/c14-7-11-2-1-3-12(6-11)16-13(17)9-15-8-10-4-5-10/h1-3,6,10,15H,4-5,8-9H2,(H,16,17). The van der Waals surface area contributed by atoms with Crippen LogP contribution in [0.4, 0.5) is 5.69 Å². The smallest absolute Gasteiger partial charge is 0.238 e. The van der Waals surface area contributed by atoms with Crippen molar-refractivity contribution in [2.24, 2.45) is 5.92 Å². The number of nitrogens with one attached hydrogen (secondary N) is 2. The van der Waals surface area contributed by atoms with E-state index in [-0.39, 0.29) is 5.91 Å². The second-order valence-corrected chi connectivity index (χ2v) is 4.32. The highest BCUT2D eigenvalue weighted by Crippen LogP contribution is 2.27. The SMILES string of the molecule is N#Cc1cccc(NC(=O)CNCC2CC2)c1. The van der Waals surface area contributed by atoms with Gasteiger partial charge in [0.25, 0.3) is 0 Å². The van der Waals surface area contributed by atoms with Crippen molar-refractivity contribution in [2.45, 2.75) is 12.8 Å². The topological polar surface area (TPSA) is 64.9 Å². The Balaban J connectivity index is 1.78. The third kappa shape index (κ3) is 3.89. The molecule has 4 nitrogen and oxygen atoms in total. The molecule has 0 bridgehead atoms. The summed E-state index contributed by atoms with van der Waals surface area (Å²) >= 11 is 0. The third-order valence-corrected chi connectivity index (χ3v) is 2.69. The molecule has 4 heteroatoms. The lowest BCUT2D eigenvalue weighted by Gasteiger charge is -2.06. The fourth-order valence-corrected chi connectivity index (χ4v) is 1.58. The summed E-state index contributed by atoms with van der Waals surface area (Å²) in [5, 5.41) is 14.6. The first-order valence-corrected chi connectivity index (χ1v) is 5.78. The summed E-state index contributed by atoms with van der Waals surface area (Å²) in [5.74, 6) is 0.699. The predicted molar refractivity (Wildman–Crippen MR) is 65.4 cm³/mol. The van der Waals surface area contributed by atoms with Gasteiger partial charge in [-0.05, 0) is 43.5 Å². The van der Waals surface area contributed by atoms with Crippen LogP contribution in [0, 0.1) is 17.2 Å². The molecule has 0 aromatic heterocycles. The molecule has 0 heterocycles. The minimum atomic E-state index is -0.0688. The van der Waals surface area contributed by atoms with Crippen molar-refractivity contribution in [1.29, 1.82) is 5.26 Å². The van der Waals surface area contributed by atoms with Crippen LogP contribution in [0.15, 0.2) is 24.3 Å². The maximum absolute atomic E-state index is 11.6. The third-order valence-electron chi connectivity index (χ3n) is 2.69. The molecule has 0 unspecified atom stereocenters. The van der Waals surface area contributed by atoms with Crippen LogP contribution in [0.5, 0.6) is 0 Å². The second kappa shape index (κ2) is 5.46. The predicted octanol–water partition coefficient (Wildman–Crippen LogP) is 1.50. The number of nitriles is 1. The van der Waals surface area contributed by atoms with Crippen LogP contribution < -0.4 is 10.6 Å². The van der Waals surface area contributed by atoms with Crippen LogP contribution in [0.1, 0.15) is 18.4 Å². The first-order chi connectivity index (χ1) is 8.28. The Hall–Kier alpha value is -1.86. The number of benzene rings is 1. The first kappa shape index (κ1) is 11.6. The molecule has 1 aromatic carbocycles. The lowest BCUT2D eigenvalue weighted by atomic mass is 10.2. The Kier molecular flexibility index (Phi) is 3.73. The monoisotopic (exact) mass is 229 g/mol. The summed E-state index contributed by atoms with van der Waals surface area (Å²) < 4.78 is 0. The molecule has 2 rings (SSSR count). The van der Waals surface area contributed by atoms with Crippen LogP contribution in [-0.2, 0) is 4.79 Å². The second-order valence-electron chi connectivity index (χ2n) is 4.32. The maximum atomic E-state index is 11.6. The van der Waals surface area contributed by atoms with Crippen molar-refractivity contribution in [3.05, 3.63) is 29.8 Å². The number of hydrogen-bond acceptors (Lipinski definition) is 3. The summed E-state index contributed by atoms with van der Waals surface area (Å²) in [6.45, 7) is 1.25. The van der Waals surface area contributed by atoms with E-state index < -0.39 is 0 Å². The van der Waals surface area contributed by atoms with Gasteiger partial charge in [-0.3, -0.25) is 4.79 Å². The Morgan fingerprint density at radius 1 is 1.47 bits per heavy atom. The van der Waals surface area contributed by atoms with E-state index in [2.05, 4.69) is 10.6 Å². The Morgan fingerprint density at radius 3 is 3.00 bits per heavy atom. The van der Waals surface area contributed by atoms with E-state index in [0.717, 1.165) is 12.5 Å². The molecule has 2 N–H and O–H groups in total. The molecule has 1 aliphatic rings. The average Bonchev–Trinajstić information content (AvgIpc) is 3.13. The van der Waals surface area contributed by atoms with Crippen molar-refractivity contribution in [1.82, 2.24) is 5.32 Å². The summed E-state index contributed by atoms with van der Waals surface area (Å²) in [4.78, 5) is 11.6. The lowest BCUT2D eigenvalue weighted by molar-refractivity contribution is -0.115. The van der Waals surface area contributed by atoms with Gasteiger partial charge in [0.2, 0.25) is 5.91 Å². The van der Waals surface area contributed by atoms with Crippen LogP contribution >= 0.6 is 0 Å². The molecule has 17 heavy (non-hydrogen) atoms. The van der Waals surface area contributed by atoms with Gasteiger partial charge in [0.1, 0.15) is 0 Å². The normalized spacial score (nSPS) is 14.1. The van der Waals surface area contributed by atoms with Crippen molar-refractivity contribution in [3.63, 3.8) is 0 Å². The highest BCUT2D eigenvalue weighted by molar-refractivity contribution is 5.92. The van der Waals surface area contributed by atoms with E-state index in [1.54, 1.807) is 24.3 Å². The molecule has 1 amide bonds. The van der Waals surface area contributed by atoms with Crippen LogP contribution in [0.25, 0.3) is 0 Å². The maximum Gasteiger partial charge on any atom is 0.238 e. The van der Waals surface area contributed by atoms with E-state index in [1.165, 1.54) is 12.8 Å². The average molecular weight is 229 g/mol. The highest BCUT2D eigenvalue weighted by atomic mass is 16.1. The van der Waals surface area contributed by atoms with Crippen LogP contribution in [-0.4, -0.2) is 19.0 Å². The van der Waals surface area contributed by atoms with Crippen molar-refractivity contribution < 1.29 is 4.79 Å². The highest BCUT2D eigenvalue weighted by Gasteiger charge is 2.20. The van der Waals surface area contributed by atoms with E-state index in [1.807, 2.05) is 6.07 Å². The fraction of sp³-hybridized carbons (Fsp3) is 0.385. The zero-order chi connectivity index (χ0) is 12.1. The molecule has 0 spiro atoms. The molecule has 88 valence electrons. The zero-order valence-corrected chi connectivity index (χ0v) is 9.57. The van der Waals surface area contributed by atoms with E-state index in [9.17, 15) is 4.79 Å². The molecule has 1 fully saturated rings. The van der Waals surface area contributed by atoms with E-state index in [0.29, 0.717) is 17.8 Å². The largest absolute Gasteiger partial charge is 0.325 e. The number of carbonyl (C=O) groups excluding carboxylic acids is 1. The van der Waals surface area contributed by atoms with Gasteiger partial charge in [-0.1, -0.05) is 6.07 Å². The van der Waals surface area contributed by atoms with Gasteiger partial charge in [-0.15, -0.1) is 0 Å². The number of amides is 1. The van der Waals surface area contributed by atoms with E-state index >= 15 is 0 Å². The molecule has 1 saturated carbocycles. The van der Waals surface area contributed by atoms with Crippen molar-refractivity contribution in [3.8, 4) is 6.07 Å². The van der Waals surface area contributed by atoms with E-state index in [4.69, 9.17) is 5.26 Å². The molecule has 1 aromatic rings. The summed E-state index contributed by atoms with van der Waals surface area (Å²) in [6, 6.07) is 8.95. The number of nitrogens with zero attached hydrogens (tertiary/aromatic N) is 1. The fourth-order valence-electron chi connectivity index (χ4n) is 1.58. The minimum absolute atomic E-state index is 0.0688. The first-order valence-electron chi connectivity index (χ1n) is 5.78. The summed E-state index contributed by atoms with van der Waals surface area (Å²) in [6.07, 6.45) is 2.55. The lowest BCUT2D eigenvalue weighted by Crippen LogP contribution is -2.29. The molecule has 0 radical (unpaired) electrons. The Bertz CT molecular complexity index is 446. The molecule has 1 aliphatic carbocycles. The Labute approximate surface area is 101 Å².